The summed E-state index contributed by atoms with van der Waals surface area (Å²) in [5, 5.41) is 3.74. The van der Waals surface area contributed by atoms with Gasteiger partial charge in [0.05, 0.1) is 12.5 Å². The summed E-state index contributed by atoms with van der Waals surface area (Å²) >= 11 is 1.60. The van der Waals surface area contributed by atoms with Crippen molar-refractivity contribution in [2.75, 3.05) is 0 Å². The molecule has 1 atom stereocenters. The molecule has 0 bridgehead atoms. The average Bonchev–Trinajstić information content (AvgIpc) is 2.83. The number of esters is 1. The number of nitrogens with zero attached hydrogens (tertiary/aromatic N) is 1. The quantitative estimate of drug-likeness (QED) is 0.820. The maximum Gasteiger partial charge on any atom is 0.306 e. The van der Waals surface area contributed by atoms with Crippen LogP contribution < -0.4 is 5.32 Å². The summed E-state index contributed by atoms with van der Waals surface area (Å²) in [7, 11) is 0. The van der Waals surface area contributed by atoms with Crippen LogP contribution in [0.3, 0.4) is 0 Å². The van der Waals surface area contributed by atoms with Crippen molar-refractivity contribution >= 4 is 23.2 Å². The molecular weight excluding hydrogens is 288 g/mol. The van der Waals surface area contributed by atoms with Gasteiger partial charge in [-0.05, 0) is 34.1 Å². The SMILES string of the molecule is CCc1cnc(C(C)NC(=O)CCC(=O)OC(C)(C)C)s1. The number of nitrogens with one attached hydrogen (secondary N) is 1. The van der Waals surface area contributed by atoms with Crippen LogP contribution in [0, 0.1) is 0 Å². The molecule has 118 valence electrons. The summed E-state index contributed by atoms with van der Waals surface area (Å²) in [4.78, 5) is 28.9. The molecule has 1 amide bonds. The second kappa shape index (κ2) is 7.54. The Morgan fingerprint density at radius 3 is 2.57 bits per heavy atom. The molecule has 1 unspecified atom stereocenters. The highest BCUT2D eigenvalue weighted by molar-refractivity contribution is 7.11. The Morgan fingerprint density at radius 2 is 2.05 bits per heavy atom. The summed E-state index contributed by atoms with van der Waals surface area (Å²) < 4.78 is 5.17. The van der Waals surface area contributed by atoms with Crippen molar-refractivity contribution in [3.63, 3.8) is 0 Å². The molecule has 1 aromatic rings. The van der Waals surface area contributed by atoms with Crippen molar-refractivity contribution in [2.24, 2.45) is 0 Å². The van der Waals surface area contributed by atoms with Crippen molar-refractivity contribution in [2.45, 2.75) is 65.5 Å². The third-order valence-corrected chi connectivity index (χ3v) is 3.97. The first-order valence-electron chi connectivity index (χ1n) is 7.17. The maximum atomic E-state index is 11.8. The van der Waals surface area contributed by atoms with Crippen LogP contribution in [0.25, 0.3) is 0 Å². The van der Waals surface area contributed by atoms with Crippen molar-refractivity contribution in [3.8, 4) is 0 Å². The highest BCUT2D eigenvalue weighted by Gasteiger charge is 2.18. The Balaban J connectivity index is 2.38. The van der Waals surface area contributed by atoms with E-state index in [1.165, 1.54) is 4.88 Å². The molecule has 0 saturated carbocycles. The second-order valence-corrected chi connectivity index (χ2v) is 7.04. The second-order valence-electron chi connectivity index (χ2n) is 5.89. The number of aromatic nitrogens is 1. The number of rotatable bonds is 6. The zero-order chi connectivity index (χ0) is 16.0. The number of aryl methyl sites for hydroxylation is 1. The number of amides is 1. The fraction of sp³-hybridized carbons (Fsp3) is 0.667. The number of carbonyl (C=O) groups excluding carboxylic acids is 2. The normalized spacial score (nSPS) is 12.8. The Morgan fingerprint density at radius 1 is 1.38 bits per heavy atom. The van der Waals surface area contributed by atoms with E-state index in [1.807, 2.05) is 13.1 Å². The minimum atomic E-state index is -0.516. The molecule has 0 aromatic carbocycles. The lowest BCUT2D eigenvalue weighted by molar-refractivity contribution is -0.155. The molecule has 0 aliphatic rings. The minimum Gasteiger partial charge on any atom is -0.460 e. The van der Waals surface area contributed by atoms with Gasteiger partial charge in [-0.25, -0.2) is 4.98 Å². The minimum absolute atomic E-state index is 0.0912. The number of carbonyl (C=O) groups is 2. The molecule has 0 saturated heterocycles. The van der Waals surface area contributed by atoms with Crippen LogP contribution in [0.1, 0.15) is 63.4 Å². The molecule has 0 spiro atoms. The van der Waals surface area contributed by atoms with E-state index in [1.54, 1.807) is 32.1 Å². The van der Waals surface area contributed by atoms with E-state index < -0.39 is 5.60 Å². The molecule has 5 nitrogen and oxygen atoms in total. The smallest absolute Gasteiger partial charge is 0.306 e. The maximum absolute atomic E-state index is 11.8. The fourth-order valence-electron chi connectivity index (χ4n) is 1.67. The Labute approximate surface area is 130 Å². The fourth-order valence-corrected chi connectivity index (χ4v) is 2.53. The molecule has 0 radical (unpaired) electrons. The standard InChI is InChI=1S/C15H24N2O3S/c1-6-11-9-16-14(21-11)10(2)17-12(18)7-8-13(19)20-15(3,4)5/h9-10H,6-8H2,1-5H3,(H,17,18). The van der Waals surface area contributed by atoms with Crippen molar-refractivity contribution in [1.82, 2.24) is 10.3 Å². The molecule has 1 N–H and O–H groups in total. The monoisotopic (exact) mass is 312 g/mol. The van der Waals surface area contributed by atoms with Gasteiger partial charge in [0.15, 0.2) is 0 Å². The largest absolute Gasteiger partial charge is 0.460 e. The molecule has 1 aromatic heterocycles. The first kappa shape index (κ1) is 17.6. The Kier molecular flexibility index (Phi) is 6.33. The van der Waals surface area contributed by atoms with E-state index in [-0.39, 0.29) is 30.8 Å². The molecule has 0 aliphatic carbocycles. The van der Waals surface area contributed by atoms with E-state index in [4.69, 9.17) is 4.74 Å². The first-order chi connectivity index (χ1) is 9.71. The molecule has 0 aliphatic heterocycles. The zero-order valence-corrected chi connectivity index (χ0v) is 14.2. The molecule has 6 heteroatoms. The molecule has 1 rings (SSSR count). The predicted molar refractivity (Wildman–Crippen MR) is 83.1 cm³/mol. The lowest BCUT2D eigenvalue weighted by Crippen LogP contribution is -2.28. The first-order valence-corrected chi connectivity index (χ1v) is 7.98. The number of hydrogen-bond donors (Lipinski definition) is 1. The third kappa shape index (κ3) is 6.71. The van der Waals surface area contributed by atoms with Crippen LogP contribution in [0.2, 0.25) is 0 Å². The van der Waals surface area contributed by atoms with Crippen LogP contribution in [0.15, 0.2) is 6.20 Å². The van der Waals surface area contributed by atoms with E-state index in [0.29, 0.717) is 0 Å². The molecule has 0 fully saturated rings. The van der Waals surface area contributed by atoms with Crippen LogP contribution in [-0.4, -0.2) is 22.5 Å². The van der Waals surface area contributed by atoms with Crippen LogP contribution in [0.5, 0.6) is 0 Å². The van der Waals surface area contributed by atoms with E-state index in [2.05, 4.69) is 17.2 Å². The lowest BCUT2D eigenvalue weighted by Gasteiger charge is -2.19. The summed E-state index contributed by atoms with van der Waals surface area (Å²) in [6, 6.07) is -0.138. The Bertz CT molecular complexity index is 491. The van der Waals surface area contributed by atoms with Gasteiger partial charge in [-0.1, -0.05) is 6.92 Å². The Hall–Kier alpha value is -1.43. The van der Waals surface area contributed by atoms with Gasteiger partial charge in [0.25, 0.3) is 0 Å². The highest BCUT2D eigenvalue weighted by atomic mass is 32.1. The van der Waals surface area contributed by atoms with E-state index >= 15 is 0 Å². The topological polar surface area (TPSA) is 68.3 Å². The van der Waals surface area contributed by atoms with Crippen molar-refractivity contribution < 1.29 is 14.3 Å². The molecular formula is C15H24N2O3S. The average molecular weight is 312 g/mol. The van der Waals surface area contributed by atoms with Crippen LogP contribution >= 0.6 is 11.3 Å². The van der Waals surface area contributed by atoms with Gasteiger partial charge in [-0.15, -0.1) is 11.3 Å². The third-order valence-electron chi connectivity index (χ3n) is 2.64. The summed E-state index contributed by atoms with van der Waals surface area (Å²) in [6.07, 6.45) is 3.00. The zero-order valence-electron chi connectivity index (χ0n) is 13.4. The van der Waals surface area contributed by atoms with Gasteiger partial charge in [0.2, 0.25) is 5.91 Å². The van der Waals surface area contributed by atoms with Crippen LogP contribution in [-0.2, 0) is 20.7 Å². The summed E-state index contributed by atoms with van der Waals surface area (Å²) in [6.45, 7) is 9.38. The highest BCUT2D eigenvalue weighted by Crippen LogP contribution is 2.20. The van der Waals surface area contributed by atoms with Crippen molar-refractivity contribution in [3.05, 3.63) is 16.1 Å². The van der Waals surface area contributed by atoms with Gasteiger partial charge in [0.1, 0.15) is 10.6 Å². The molecule has 21 heavy (non-hydrogen) atoms. The van der Waals surface area contributed by atoms with Gasteiger partial charge in [-0.3, -0.25) is 9.59 Å². The van der Waals surface area contributed by atoms with Gasteiger partial charge in [-0.2, -0.15) is 0 Å². The number of hydrogen-bond acceptors (Lipinski definition) is 5. The predicted octanol–water partition coefficient (Wildman–Crippen LogP) is 3.00. The van der Waals surface area contributed by atoms with Crippen molar-refractivity contribution in [1.29, 1.82) is 0 Å². The van der Waals surface area contributed by atoms with Crippen LogP contribution in [0.4, 0.5) is 0 Å². The van der Waals surface area contributed by atoms with Gasteiger partial charge in [0, 0.05) is 17.5 Å². The summed E-state index contributed by atoms with van der Waals surface area (Å²) in [5.41, 5.74) is -0.516. The van der Waals surface area contributed by atoms with E-state index in [9.17, 15) is 9.59 Å². The summed E-state index contributed by atoms with van der Waals surface area (Å²) in [5.74, 6) is -0.519. The lowest BCUT2D eigenvalue weighted by atomic mass is 10.2. The molecule has 1 heterocycles. The number of ether oxygens (including phenoxy) is 1. The van der Waals surface area contributed by atoms with E-state index in [0.717, 1.165) is 11.4 Å². The van der Waals surface area contributed by atoms with Gasteiger partial charge >= 0.3 is 5.97 Å². The van der Waals surface area contributed by atoms with Gasteiger partial charge < -0.3 is 10.1 Å². The number of thiazole rings is 1.